The molecule has 0 spiro atoms. The molecule has 1 aromatic rings. The molecular formula is C14H19N3O2. The predicted octanol–water partition coefficient (Wildman–Crippen LogP) is 2.55. The number of nitro benzene ring substituents is 1. The van der Waals surface area contributed by atoms with Gasteiger partial charge in [-0.25, -0.2) is 0 Å². The van der Waals surface area contributed by atoms with Gasteiger partial charge in [0.1, 0.15) is 5.69 Å². The smallest absolute Gasteiger partial charge is 0.292 e. The van der Waals surface area contributed by atoms with Crippen molar-refractivity contribution in [1.82, 2.24) is 4.90 Å². The van der Waals surface area contributed by atoms with Gasteiger partial charge >= 0.3 is 0 Å². The molecule has 2 heterocycles. The summed E-state index contributed by atoms with van der Waals surface area (Å²) in [5.74, 6) is 0. The van der Waals surface area contributed by atoms with E-state index in [4.69, 9.17) is 0 Å². The Hall–Kier alpha value is -1.62. The Morgan fingerprint density at radius 2 is 2.21 bits per heavy atom. The third-order valence-electron chi connectivity index (χ3n) is 4.38. The summed E-state index contributed by atoms with van der Waals surface area (Å²) in [6, 6.07) is 6.16. The molecule has 2 aliphatic heterocycles. The Bertz CT molecular complexity index is 503. The van der Waals surface area contributed by atoms with Crippen LogP contribution in [-0.4, -0.2) is 35.0 Å². The Balaban J connectivity index is 1.85. The van der Waals surface area contributed by atoms with Crippen LogP contribution in [0.3, 0.4) is 0 Å². The molecule has 0 saturated carbocycles. The molecule has 0 amide bonds. The van der Waals surface area contributed by atoms with Crippen LogP contribution in [0.5, 0.6) is 0 Å². The number of para-hydroxylation sites is 1. The van der Waals surface area contributed by atoms with E-state index in [0.717, 1.165) is 18.5 Å². The van der Waals surface area contributed by atoms with Gasteiger partial charge in [-0.2, -0.15) is 0 Å². The Kier molecular flexibility index (Phi) is 3.14. The van der Waals surface area contributed by atoms with E-state index in [9.17, 15) is 10.1 Å². The topological polar surface area (TPSA) is 58.4 Å². The van der Waals surface area contributed by atoms with Crippen molar-refractivity contribution in [1.29, 1.82) is 0 Å². The number of hydrogen-bond donors (Lipinski definition) is 1. The lowest BCUT2D eigenvalue weighted by atomic mass is 10.0. The van der Waals surface area contributed by atoms with Crippen molar-refractivity contribution < 1.29 is 4.92 Å². The molecule has 0 aromatic heterocycles. The fraction of sp³-hybridized carbons (Fsp3) is 0.571. The highest BCUT2D eigenvalue weighted by atomic mass is 16.6. The highest BCUT2D eigenvalue weighted by molar-refractivity contribution is 5.66. The molecule has 102 valence electrons. The maximum atomic E-state index is 11.1. The van der Waals surface area contributed by atoms with E-state index >= 15 is 0 Å². The zero-order chi connectivity index (χ0) is 13.4. The van der Waals surface area contributed by atoms with Gasteiger partial charge in [0, 0.05) is 24.7 Å². The Morgan fingerprint density at radius 3 is 3.00 bits per heavy atom. The molecule has 5 heteroatoms. The van der Waals surface area contributed by atoms with E-state index in [1.54, 1.807) is 12.1 Å². The summed E-state index contributed by atoms with van der Waals surface area (Å²) in [5.41, 5.74) is 1.84. The second-order valence-electron chi connectivity index (χ2n) is 5.51. The van der Waals surface area contributed by atoms with Crippen molar-refractivity contribution in [2.24, 2.45) is 0 Å². The number of fused-ring (bicyclic) bond motifs is 1. The van der Waals surface area contributed by atoms with Crippen molar-refractivity contribution in [2.75, 3.05) is 18.4 Å². The van der Waals surface area contributed by atoms with Gasteiger partial charge in [0.2, 0.25) is 0 Å². The normalized spacial score (nSPS) is 26.4. The number of nitrogens with one attached hydrogen (secondary N) is 1. The van der Waals surface area contributed by atoms with Gasteiger partial charge in [0.15, 0.2) is 0 Å². The van der Waals surface area contributed by atoms with Crippen LogP contribution in [0.1, 0.15) is 24.8 Å². The van der Waals surface area contributed by atoms with Gasteiger partial charge in [-0.05, 0) is 38.3 Å². The minimum atomic E-state index is -0.295. The molecular weight excluding hydrogens is 242 g/mol. The lowest BCUT2D eigenvalue weighted by Gasteiger charge is -2.23. The SMILES string of the molecule is Cc1cccc([N+](=O)[O-])c1NC1CCN2CCCC12. The second kappa shape index (κ2) is 4.81. The zero-order valence-electron chi connectivity index (χ0n) is 11.1. The number of anilines is 1. The molecule has 2 unspecified atom stereocenters. The Labute approximate surface area is 112 Å². The first kappa shape index (κ1) is 12.4. The molecule has 19 heavy (non-hydrogen) atoms. The zero-order valence-corrected chi connectivity index (χ0v) is 11.1. The molecule has 1 N–H and O–H groups in total. The highest BCUT2D eigenvalue weighted by Gasteiger charge is 2.37. The van der Waals surface area contributed by atoms with Crippen molar-refractivity contribution in [3.8, 4) is 0 Å². The van der Waals surface area contributed by atoms with Gasteiger partial charge in [0.05, 0.1) is 4.92 Å². The van der Waals surface area contributed by atoms with Gasteiger partial charge in [0.25, 0.3) is 5.69 Å². The van der Waals surface area contributed by atoms with Crippen LogP contribution in [0.2, 0.25) is 0 Å². The summed E-state index contributed by atoms with van der Waals surface area (Å²) in [7, 11) is 0. The van der Waals surface area contributed by atoms with Gasteiger partial charge in [-0.15, -0.1) is 0 Å². The molecule has 0 aliphatic carbocycles. The van der Waals surface area contributed by atoms with Crippen molar-refractivity contribution >= 4 is 11.4 Å². The fourth-order valence-electron chi connectivity index (χ4n) is 3.43. The van der Waals surface area contributed by atoms with E-state index in [1.807, 2.05) is 13.0 Å². The lowest BCUT2D eigenvalue weighted by molar-refractivity contribution is -0.384. The molecule has 3 rings (SSSR count). The number of hydrogen-bond acceptors (Lipinski definition) is 4. The largest absolute Gasteiger partial charge is 0.375 e. The van der Waals surface area contributed by atoms with Gasteiger partial charge in [-0.3, -0.25) is 15.0 Å². The standard InChI is InChI=1S/C14H19N3O2/c1-10-4-2-5-13(17(18)19)14(10)15-11-7-9-16-8-3-6-12(11)16/h2,4-5,11-12,15H,3,6-9H2,1H3. The first-order valence-corrected chi connectivity index (χ1v) is 6.91. The summed E-state index contributed by atoms with van der Waals surface area (Å²) in [4.78, 5) is 13.3. The van der Waals surface area contributed by atoms with Gasteiger partial charge < -0.3 is 5.32 Å². The molecule has 2 saturated heterocycles. The molecule has 2 fully saturated rings. The van der Waals surface area contributed by atoms with E-state index in [2.05, 4.69) is 10.2 Å². The van der Waals surface area contributed by atoms with Crippen LogP contribution >= 0.6 is 0 Å². The molecule has 0 bridgehead atoms. The third kappa shape index (κ3) is 2.18. The van der Waals surface area contributed by atoms with Crippen molar-refractivity contribution in [3.63, 3.8) is 0 Å². The van der Waals surface area contributed by atoms with Crippen LogP contribution in [0, 0.1) is 17.0 Å². The van der Waals surface area contributed by atoms with Crippen LogP contribution in [0.15, 0.2) is 18.2 Å². The summed E-state index contributed by atoms with van der Waals surface area (Å²) < 4.78 is 0. The van der Waals surface area contributed by atoms with Crippen LogP contribution in [-0.2, 0) is 0 Å². The summed E-state index contributed by atoms with van der Waals surface area (Å²) >= 11 is 0. The number of benzene rings is 1. The third-order valence-corrected chi connectivity index (χ3v) is 4.38. The number of nitro groups is 1. The predicted molar refractivity (Wildman–Crippen MR) is 74.5 cm³/mol. The molecule has 2 aliphatic rings. The summed E-state index contributed by atoms with van der Waals surface area (Å²) in [6.45, 7) is 4.22. The second-order valence-corrected chi connectivity index (χ2v) is 5.51. The summed E-state index contributed by atoms with van der Waals surface area (Å²) in [5, 5.41) is 14.6. The maximum absolute atomic E-state index is 11.1. The van der Waals surface area contributed by atoms with Crippen LogP contribution < -0.4 is 5.32 Å². The fourth-order valence-corrected chi connectivity index (χ4v) is 3.43. The van der Waals surface area contributed by atoms with E-state index in [1.165, 1.54) is 19.4 Å². The average Bonchev–Trinajstić information content (AvgIpc) is 2.95. The average molecular weight is 261 g/mol. The van der Waals surface area contributed by atoms with E-state index in [-0.39, 0.29) is 10.6 Å². The number of nitrogens with zero attached hydrogens (tertiary/aromatic N) is 2. The monoisotopic (exact) mass is 261 g/mol. The van der Waals surface area contributed by atoms with Gasteiger partial charge in [-0.1, -0.05) is 12.1 Å². The van der Waals surface area contributed by atoms with E-state index < -0.39 is 0 Å². The highest BCUT2D eigenvalue weighted by Crippen LogP contribution is 2.34. The minimum absolute atomic E-state index is 0.191. The minimum Gasteiger partial charge on any atom is -0.375 e. The summed E-state index contributed by atoms with van der Waals surface area (Å²) in [6.07, 6.45) is 3.53. The first-order chi connectivity index (χ1) is 9.16. The van der Waals surface area contributed by atoms with Crippen LogP contribution in [0.4, 0.5) is 11.4 Å². The van der Waals surface area contributed by atoms with E-state index in [0.29, 0.717) is 17.8 Å². The van der Waals surface area contributed by atoms with Crippen molar-refractivity contribution in [2.45, 2.75) is 38.3 Å². The maximum Gasteiger partial charge on any atom is 0.292 e. The number of rotatable bonds is 3. The molecule has 2 atom stereocenters. The Morgan fingerprint density at radius 1 is 1.37 bits per heavy atom. The van der Waals surface area contributed by atoms with Crippen molar-refractivity contribution in [3.05, 3.63) is 33.9 Å². The molecule has 1 aromatic carbocycles. The van der Waals surface area contributed by atoms with Crippen LogP contribution in [0.25, 0.3) is 0 Å². The lowest BCUT2D eigenvalue weighted by Crippen LogP contribution is -2.34. The first-order valence-electron chi connectivity index (χ1n) is 6.91. The molecule has 5 nitrogen and oxygen atoms in total. The number of aryl methyl sites for hydroxylation is 1. The molecule has 0 radical (unpaired) electrons. The quantitative estimate of drug-likeness (QED) is 0.671.